The van der Waals surface area contributed by atoms with Crippen molar-refractivity contribution >= 4 is 66.2 Å². The highest BCUT2D eigenvalue weighted by molar-refractivity contribution is 6.15. The number of rotatable bonds is 6. The summed E-state index contributed by atoms with van der Waals surface area (Å²) in [5.74, 6) is 0.896. The smallest absolute Gasteiger partial charge is 0.196 e. The molecule has 1 aromatic heterocycles. The van der Waals surface area contributed by atoms with Gasteiger partial charge < -0.3 is 19.4 Å². The number of benzene rings is 9. The number of furan rings is 1. The first-order valence-electron chi connectivity index (χ1n) is 18.7. The lowest BCUT2D eigenvalue weighted by molar-refractivity contribution is 0.263. The van der Waals surface area contributed by atoms with Crippen LogP contribution in [-0.2, 0) is 0 Å². The van der Waals surface area contributed by atoms with Crippen LogP contribution in [0.15, 0.2) is 199 Å². The van der Waals surface area contributed by atoms with Crippen LogP contribution in [0.3, 0.4) is 0 Å². The van der Waals surface area contributed by atoms with Crippen molar-refractivity contribution in [3.8, 4) is 28.0 Å². The number of hydrogen-bond acceptors (Lipinski definition) is 4. The van der Waals surface area contributed by atoms with Crippen LogP contribution in [0.5, 0.6) is 5.75 Å². The SMILES string of the molecule is c1ccc(-c2cccc3oc4ccc(-c5ccccc5N(c5ccccc5)c5ccc6c(ccc7ccc8c(c76)OC(c6ccccc6)N8)c5)cc4c23)cc1. The minimum atomic E-state index is -0.231. The Morgan fingerprint density at radius 3 is 2.04 bits per heavy atom. The number of anilines is 4. The number of ether oxygens (including phenoxy) is 1. The van der Waals surface area contributed by atoms with Crippen LogP contribution in [0, 0.1) is 0 Å². The van der Waals surface area contributed by atoms with Gasteiger partial charge in [0, 0.05) is 38.7 Å². The minimum absolute atomic E-state index is 0.231. The summed E-state index contributed by atoms with van der Waals surface area (Å²) < 4.78 is 13.1. The zero-order valence-corrected chi connectivity index (χ0v) is 29.8. The zero-order chi connectivity index (χ0) is 36.3. The first kappa shape index (κ1) is 31.2. The molecule has 0 spiro atoms. The molecule has 4 heteroatoms. The summed E-state index contributed by atoms with van der Waals surface area (Å²) in [6.45, 7) is 0. The molecule has 0 radical (unpaired) electrons. The van der Waals surface area contributed by atoms with Crippen LogP contribution >= 0.6 is 0 Å². The molecular weight excluding hydrogens is 673 g/mol. The molecule has 1 aliphatic heterocycles. The minimum Gasteiger partial charge on any atom is -0.464 e. The van der Waals surface area contributed by atoms with Crippen LogP contribution in [0.4, 0.5) is 22.7 Å². The maximum Gasteiger partial charge on any atom is 0.196 e. The van der Waals surface area contributed by atoms with Crippen molar-refractivity contribution in [2.45, 2.75) is 6.23 Å². The Morgan fingerprint density at radius 2 is 1.18 bits per heavy atom. The fourth-order valence-corrected chi connectivity index (χ4v) is 8.32. The Labute approximate surface area is 318 Å². The van der Waals surface area contributed by atoms with E-state index >= 15 is 0 Å². The second kappa shape index (κ2) is 12.7. The van der Waals surface area contributed by atoms with Gasteiger partial charge >= 0.3 is 0 Å². The number of nitrogens with zero attached hydrogens (tertiary/aromatic N) is 1. The highest BCUT2D eigenvalue weighted by Gasteiger charge is 2.26. The molecule has 2 heterocycles. The highest BCUT2D eigenvalue weighted by atomic mass is 16.5. The normalized spacial score (nSPS) is 13.6. The Balaban J connectivity index is 1.06. The predicted molar refractivity (Wildman–Crippen MR) is 228 cm³/mol. The molecular formula is C51H34N2O2. The van der Waals surface area contributed by atoms with Gasteiger partial charge in [0.15, 0.2) is 12.0 Å². The third kappa shape index (κ3) is 5.22. The molecule has 1 N–H and O–H groups in total. The Morgan fingerprint density at radius 1 is 0.455 bits per heavy atom. The number of nitrogens with one attached hydrogen (secondary N) is 1. The molecule has 0 amide bonds. The number of hydrogen-bond donors (Lipinski definition) is 1. The molecule has 260 valence electrons. The van der Waals surface area contributed by atoms with Gasteiger partial charge in [0.05, 0.1) is 11.4 Å². The van der Waals surface area contributed by atoms with E-state index in [9.17, 15) is 0 Å². The molecule has 55 heavy (non-hydrogen) atoms. The molecule has 11 rings (SSSR count). The van der Waals surface area contributed by atoms with Crippen LogP contribution in [0.25, 0.3) is 65.7 Å². The van der Waals surface area contributed by atoms with Crippen molar-refractivity contribution in [2.24, 2.45) is 0 Å². The van der Waals surface area contributed by atoms with Gasteiger partial charge in [-0.05, 0) is 87.4 Å². The summed E-state index contributed by atoms with van der Waals surface area (Å²) in [7, 11) is 0. The third-order valence-electron chi connectivity index (χ3n) is 10.9. The lowest BCUT2D eigenvalue weighted by Crippen LogP contribution is -2.11. The molecule has 4 nitrogen and oxygen atoms in total. The van der Waals surface area contributed by atoms with E-state index in [2.05, 4.69) is 198 Å². The third-order valence-corrected chi connectivity index (χ3v) is 10.9. The van der Waals surface area contributed by atoms with Gasteiger partial charge in [0.2, 0.25) is 0 Å². The molecule has 0 fully saturated rings. The van der Waals surface area contributed by atoms with E-state index < -0.39 is 0 Å². The average molecular weight is 707 g/mol. The van der Waals surface area contributed by atoms with Crippen LogP contribution in [0.2, 0.25) is 0 Å². The van der Waals surface area contributed by atoms with Crippen LogP contribution in [0.1, 0.15) is 11.8 Å². The van der Waals surface area contributed by atoms with Crippen molar-refractivity contribution < 1.29 is 9.15 Å². The first-order chi connectivity index (χ1) is 27.3. The van der Waals surface area contributed by atoms with E-state index in [0.717, 1.165) is 88.7 Å². The van der Waals surface area contributed by atoms with Gasteiger partial charge in [0.25, 0.3) is 0 Å². The molecule has 1 aliphatic rings. The summed E-state index contributed by atoms with van der Waals surface area (Å²) in [6.07, 6.45) is -0.231. The standard InChI is InChI=1S/C51H34N2O2/c1-4-13-33(14-5-1)41-20-12-22-47-49(41)43-32-37(26-30-46(43)54-47)40-19-10-11-21-45(40)53(38-17-8-3-9-18-38)39-27-28-42-36(31-39)24-23-34-25-29-44-50(48(34)42)55-51(52-44)35-15-6-2-7-16-35/h1-32,51-52H. The van der Waals surface area contributed by atoms with E-state index in [1.807, 2.05) is 6.07 Å². The molecule has 0 saturated heterocycles. The fourth-order valence-electron chi connectivity index (χ4n) is 8.32. The summed E-state index contributed by atoms with van der Waals surface area (Å²) in [6, 6.07) is 68.6. The summed E-state index contributed by atoms with van der Waals surface area (Å²) in [5.41, 5.74) is 11.7. The van der Waals surface area contributed by atoms with Gasteiger partial charge in [0.1, 0.15) is 11.2 Å². The van der Waals surface area contributed by atoms with Gasteiger partial charge in [-0.2, -0.15) is 0 Å². The first-order valence-corrected chi connectivity index (χ1v) is 18.7. The summed E-state index contributed by atoms with van der Waals surface area (Å²) in [5, 5.41) is 10.4. The Hall–Kier alpha value is -7.30. The average Bonchev–Trinajstić information content (AvgIpc) is 3.87. The molecule has 9 aromatic carbocycles. The van der Waals surface area contributed by atoms with Gasteiger partial charge in [-0.1, -0.05) is 140 Å². The molecule has 1 atom stereocenters. The highest BCUT2D eigenvalue weighted by Crippen LogP contribution is 2.48. The lowest BCUT2D eigenvalue weighted by atomic mass is 9.96. The Bertz CT molecular complexity index is 3050. The van der Waals surface area contributed by atoms with E-state index in [1.54, 1.807) is 0 Å². The molecule has 0 aliphatic carbocycles. The van der Waals surface area contributed by atoms with Gasteiger partial charge in [-0.15, -0.1) is 0 Å². The molecule has 0 bridgehead atoms. The predicted octanol–water partition coefficient (Wildman–Crippen LogP) is 14.2. The Kier molecular flexibility index (Phi) is 7.20. The largest absolute Gasteiger partial charge is 0.464 e. The zero-order valence-electron chi connectivity index (χ0n) is 29.8. The monoisotopic (exact) mass is 706 g/mol. The van der Waals surface area contributed by atoms with E-state index in [4.69, 9.17) is 9.15 Å². The van der Waals surface area contributed by atoms with Gasteiger partial charge in [-0.25, -0.2) is 0 Å². The molecule has 10 aromatic rings. The van der Waals surface area contributed by atoms with Crippen molar-refractivity contribution in [3.63, 3.8) is 0 Å². The molecule has 0 saturated carbocycles. The van der Waals surface area contributed by atoms with Crippen LogP contribution < -0.4 is 15.0 Å². The van der Waals surface area contributed by atoms with Crippen molar-refractivity contribution in [3.05, 3.63) is 200 Å². The summed E-state index contributed by atoms with van der Waals surface area (Å²) >= 11 is 0. The lowest BCUT2D eigenvalue weighted by Gasteiger charge is -2.28. The van der Waals surface area contributed by atoms with E-state index in [-0.39, 0.29) is 6.23 Å². The summed E-state index contributed by atoms with van der Waals surface area (Å²) in [4.78, 5) is 2.37. The van der Waals surface area contributed by atoms with Crippen molar-refractivity contribution in [2.75, 3.05) is 10.2 Å². The molecule has 1 unspecified atom stereocenters. The topological polar surface area (TPSA) is 37.6 Å². The van der Waals surface area contributed by atoms with Crippen LogP contribution in [-0.4, -0.2) is 0 Å². The second-order valence-electron chi connectivity index (χ2n) is 14.1. The maximum absolute atomic E-state index is 6.65. The van der Waals surface area contributed by atoms with Gasteiger partial charge in [-0.3, -0.25) is 0 Å². The maximum atomic E-state index is 6.65. The van der Waals surface area contributed by atoms with Crippen molar-refractivity contribution in [1.82, 2.24) is 0 Å². The number of fused-ring (bicyclic) bond motifs is 8. The van der Waals surface area contributed by atoms with E-state index in [0.29, 0.717) is 0 Å². The second-order valence-corrected chi connectivity index (χ2v) is 14.1. The fraction of sp³-hybridized carbons (Fsp3) is 0.0196. The quantitative estimate of drug-likeness (QED) is 0.175. The number of para-hydroxylation sites is 2. The van der Waals surface area contributed by atoms with Crippen molar-refractivity contribution in [1.29, 1.82) is 0 Å². The van der Waals surface area contributed by atoms with E-state index in [1.165, 1.54) is 11.1 Å².